The van der Waals surface area contributed by atoms with E-state index in [0.717, 1.165) is 16.8 Å². The van der Waals surface area contributed by atoms with Gasteiger partial charge in [0.25, 0.3) is 0 Å². The molecule has 0 radical (unpaired) electrons. The highest BCUT2D eigenvalue weighted by Crippen LogP contribution is 2.22. The lowest BCUT2D eigenvalue weighted by molar-refractivity contribution is 0.405. The summed E-state index contributed by atoms with van der Waals surface area (Å²) in [6.45, 7) is 1.19. The average molecular weight is 228 g/mol. The zero-order chi connectivity index (χ0) is 9.80. The van der Waals surface area contributed by atoms with E-state index in [1.54, 1.807) is 0 Å². The lowest BCUT2D eigenvalue weighted by Crippen LogP contribution is -2.44. The maximum atomic E-state index is 6.06. The van der Waals surface area contributed by atoms with Crippen molar-refractivity contribution in [2.75, 3.05) is 12.3 Å². The molecule has 1 aromatic carbocycles. The molecule has 0 spiro atoms. The largest absolute Gasteiger partial charge is 0.313 e. The Kier molecular flexibility index (Phi) is 3.74. The molecule has 1 aliphatic rings. The van der Waals surface area contributed by atoms with E-state index in [2.05, 4.69) is 11.4 Å². The first-order chi connectivity index (χ1) is 6.86. The molecule has 0 saturated carbocycles. The van der Waals surface area contributed by atoms with E-state index in [9.17, 15) is 0 Å². The lowest BCUT2D eigenvalue weighted by Gasteiger charge is -2.27. The van der Waals surface area contributed by atoms with Gasteiger partial charge in [-0.1, -0.05) is 29.8 Å². The summed E-state index contributed by atoms with van der Waals surface area (Å²) in [5, 5.41) is 4.28. The van der Waals surface area contributed by atoms with Crippen molar-refractivity contribution in [2.24, 2.45) is 0 Å². The summed E-state index contributed by atoms with van der Waals surface area (Å²) < 4.78 is 0. The van der Waals surface area contributed by atoms with Crippen LogP contribution in [0.3, 0.4) is 0 Å². The first-order valence-corrected chi connectivity index (χ1v) is 6.44. The number of nitrogens with one attached hydrogen (secondary N) is 1. The fourth-order valence-electron chi connectivity index (χ4n) is 1.42. The maximum Gasteiger partial charge on any atom is 0.0446 e. The summed E-state index contributed by atoms with van der Waals surface area (Å²) in [4.78, 5) is 0. The zero-order valence-corrected chi connectivity index (χ0v) is 9.57. The highest BCUT2D eigenvalue weighted by Gasteiger charge is 2.15. The standard InChI is InChI=1S/C11H14ClNS/c12-11-4-2-1-3-9(11)7-14-8-10-5-6-13-10/h1-4,10,13H,5-8H2. The van der Waals surface area contributed by atoms with Crippen molar-refractivity contribution in [3.63, 3.8) is 0 Å². The summed E-state index contributed by atoms with van der Waals surface area (Å²) in [7, 11) is 0. The average Bonchev–Trinajstić information content (AvgIpc) is 2.12. The maximum absolute atomic E-state index is 6.06. The van der Waals surface area contributed by atoms with Gasteiger partial charge in [-0.15, -0.1) is 0 Å². The Bertz CT molecular complexity index is 299. The Hall–Kier alpha value is -0.180. The summed E-state index contributed by atoms with van der Waals surface area (Å²) in [6, 6.07) is 8.82. The molecule has 0 amide bonds. The third kappa shape index (κ3) is 2.66. The van der Waals surface area contributed by atoms with Crippen LogP contribution in [0.15, 0.2) is 24.3 Å². The molecule has 1 N–H and O–H groups in total. The molecule has 3 heteroatoms. The molecule has 14 heavy (non-hydrogen) atoms. The number of benzene rings is 1. The second kappa shape index (κ2) is 5.06. The lowest BCUT2D eigenvalue weighted by atomic mass is 10.1. The fourth-order valence-corrected chi connectivity index (χ4v) is 2.86. The number of halogens is 1. The zero-order valence-electron chi connectivity index (χ0n) is 8.00. The van der Waals surface area contributed by atoms with Gasteiger partial charge in [-0.25, -0.2) is 0 Å². The van der Waals surface area contributed by atoms with Crippen molar-refractivity contribution in [2.45, 2.75) is 18.2 Å². The quantitative estimate of drug-likeness (QED) is 0.849. The molecule has 0 bridgehead atoms. The molecule has 1 unspecified atom stereocenters. The number of hydrogen-bond acceptors (Lipinski definition) is 2. The highest BCUT2D eigenvalue weighted by atomic mass is 35.5. The van der Waals surface area contributed by atoms with Gasteiger partial charge >= 0.3 is 0 Å². The van der Waals surface area contributed by atoms with E-state index in [4.69, 9.17) is 11.6 Å². The second-order valence-electron chi connectivity index (χ2n) is 3.55. The number of rotatable bonds is 4. The van der Waals surface area contributed by atoms with Gasteiger partial charge in [0.1, 0.15) is 0 Å². The van der Waals surface area contributed by atoms with Crippen LogP contribution in [0.2, 0.25) is 5.02 Å². The Labute approximate surface area is 94.2 Å². The van der Waals surface area contributed by atoms with Crippen LogP contribution in [0.5, 0.6) is 0 Å². The van der Waals surface area contributed by atoms with Crippen molar-refractivity contribution in [1.82, 2.24) is 5.32 Å². The Morgan fingerprint density at radius 1 is 1.43 bits per heavy atom. The predicted molar refractivity (Wildman–Crippen MR) is 64.0 cm³/mol. The van der Waals surface area contributed by atoms with Crippen LogP contribution in [0.4, 0.5) is 0 Å². The molecular formula is C11H14ClNS. The topological polar surface area (TPSA) is 12.0 Å². The van der Waals surface area contributed by atoms with Crippen molar-refractivity contribution in [3.8, 4) is 0 Å². The molecule has 1 atom stereocenters. The third-order valence-electron chi connectivity index (χ3n) is 2.46. The first kappa shape index (κ1) is 10.3. The normalized spacial score (nSPS) is 20.5. The Morgan fingerprint density at radius 3 is 2.86 bits per heavy atom. The van der Waals surface area contributed by atoms with Gasteiger partial charge < -0.3 is 5.32 Å². The molecule has 2 rings (SSSR count). The van der Waals surface area contributed by atoms with Gasteiger partial charge in [0.05, 0.1) is 0 Å². The third-order valence-corrected chi connectivity index (χ3v) is 3.98. The van der Waals surface area contributed by atoms with E-state index in [1.807, 2.05) is 30.0 Å². The summed E-state index contributed by atoms with van der Waals surface area (Å²) >= 11 is 8.02. The van der Waals surface area contributed by atoms with Crippen LogP contribution in [0, 0.1) is 0 Å². The molecule has 1 nitrogen and oxygen atoms in total. The van der Waals surface area contributed by atoms with Gasteiger partial charge in [0.15, 0.2) is 0 Å². The molecular weight excluding hydrogens is 214 g/mol. The van der Waals surface area contributed by atoms with E-state index >= 15 is 0 Å². The number of thioether (sulfide) groups is 1. The monoisotopic (exact) mass is 227 g/mol. The van der Waals surface area contributed by atoms with E-state index in [1.165, 1.54) is 24.3 Å². The van der Waals surface area contributed by atoms with Crippen LogP contribution in [-0.2, 0) is 5.75 Å². The minimum absolute atomic E-state index is 0.738. The van der Waals surface area contributed by atoms with Gasteiger partial charge in [-0.2, -0.15) is 11.8 Å². The van der Waals surface area contributed by atoms with Crippen LogP contribution < -0.4 is 5.32 Å². The molecule has 1 saturated heterocycles. The molecule has 1 heterocycles. The minimum Gasteiger partial charge on any atom is -0.313 e. The van der Waals surface area contributed by atoms with Crippen molar-refractivity contribution >= 4 is 23.4 Å². The number of hydrogen-bond donors (Lipinski definition) is 1. The van der Waals surface area contributed by atoms with Crippen LogP contribution in [0.25, 0.3) is 0 Å². The summed E-state index contributed by atoms with van der Waals surface area (Å²) in [6.07, 6.45) is 1.33. The Balaban J connectivity index is 1.76. The van der Waals surface area contributed by atoms with Crippen LogP contribution >= 0.6 is 23.4 Å². The van der Waals surface area contributed by atoms with Crippen molar-refractivity contribution < 1.29 is 0 Å². The van der Waals surface area contributed by atoms with Gasteiger partial charge in [0.2, 0.25) is 0 Å². The van der Waals surface area contributed by atoms with Crippen LogP contribution in [-0.4, -0.2) is 18.3 Å². The summed E-state index contributed by atoms with van der Waals surface area (Å²) in [5.41, 5.74) is 1.25. The first-order valence-electron chi connectivity index (χ1n) is 4.91. The highest BCUT2D eigenvalue weighted by molar-refractivity contribution is 7.98. The van der Waals surface area contributed by atoms with Gasteiger partial charge in [-0.3, -0.25) is 0 Å². The van der Waals surface area contributed by atoms with Crippen molar-refractivity contribution in [1.29, 1.82) is 0 Å². The predicted octanol–water partition coefficient (Wildman–Crippen LogP) is 2.94. The van der Waals surface area contributed by atoms with E-state index < -0.39 is 0 Å². The van der Waals surface area contributed by atoms with E-state index in [0.29, 0.717) is 0 Å². The SMILES string of the molecule is Clc1ccccc1CSCC1CCN1. The van der Waals surface area contributed by atoms with Gasteiger partial charge in [0, 0.05) is 22.6 Å². The molecule has 0 aliphatic carbocycles. The molecule has 1 aromatic rings. The van der Waals surface area contributed by atoms with Crippen molar-refractivity contribution in [3.05, 3.63) is 34.9 Å². The second-order valence-corrected chi connectivity index (χ2v) is 4.98. The molecule has 76 valence electrons. The molecule has 1 fully saturated rings. The Morgan fingerprint density at radius 2 is 2.21 bits per heavy atom. The fraction of sp³-hybridized carbons (Fsp3) is 0.455. The molecule has 0 aromatic heterocycles. The summed E-state index contributed by atoms with van der Waals surface area (Å²) in [5.74, 6) is 2.23. The molecule has 1 aliphatic heterocycles. The van der Waals surface area contributed by atoms with E-state index in [-0.39, 0.29) is 0 Å². The van der Waals surface area contributed by atoms with Gasteiger partial charge in [-0.05, 0) is 24.6 Å². The van der Waals surface area contributed by atoms with Crippen LogP contribution in [0.1, 0.15) is 12.0 Å². The smallest absolute Gasteiger partial charge is 0.0446 e. The minimum atomic E-state index is 0.738.